The van der Waals surface area contributed by atoms with Crippen LogP contribution in [0.3, 0.4) is 0 Å². The SMILES string of the molecule is Cc1ccc2nc3ccc4ccccc4c3cc2c1. The second-order valence-electron chi connectivity index (χ2n) is 5.04. The maximum atomic E-state index is 4.77. The molecule has 19 heavy (non-hydrogen) atoms. The van der Waals surface area contributed by atoms with E-state index < -0.39 is 0 Å². The van der Waals surface area contributed by atoms with E-state index in [0.717, 1.165) is 11.0 Å². The number of benzene rings is 3. The van der Waals surface area contributed by atoms with Gasteiger partial charge in [-0.15, -0.1) is 0 Å². The Bertz CT molecular complexity index is 922. The van der Waals surface area contributed by atoms with E-state index in [1.807, 2.05) is 0 Å². The van der Waals surface area contributed by atoms with Crippen molar-refractivity contribution in [3.8, 4) is 0 Å². The lowest BCUT2D eigenvalue weighted by atomic mass is 10.0. The van der Waals surface area contributed by atoms with Gasteiger partial charge in [0.15, 0.2) is 0 Å². The zero-order valence-electron chi connectivity index (χ0n) is 10.7. The highest BCUT2D eigenvalue weighted by atomic mass is 14.7. The average Bonchev–Trinajstić information content (AvgIpc) is 2.45. The summed E-state index contributed by atoms with van der Waals surface area (Å²) >= 11 is 0. The Labute approximate surface area is 111 Å². The van der Waals surface area contributed by atoms with Gasteiger partial charge in [0.1, 0.15) is 0 Å². The first-order chi connectivity index (χ1) is 9.31. The van der Waals surface area contributed by atoms with Crippen LogP contribution >= 0.6 is 0 Å². The second kappa shape index (κ2) is 3.79. The molecule has 4 aromatic rings. The molecule has 1 nitrogen and oxygen atoms in total. The van der Waals surface area contributed by atoms with Gasteiger partial charge in [-0.2, -0.15) is 0 Å². The largest absolute Gasteiger partial charge is 0.248 e. The Balaban J connectivity index is 2.23. The van der Waals surface area contributed by atoms with Crippen LogP contribution in [0.15, 0.2) is 60.7 Å². The predicted molar refractivity (Wildman–Crippen MR) is 81.5 cm³/mol. The van der Waals surface area contributed by atoms with Crippen LogP contribution in [-0.4, -0.2) is 4.98 Å². The van der Waals surface area contributed by atoms with Crippen LogP contribution < -0.4 is 0 Å². The molecule has 1 heteroatoms. The van der Waals surface area contributed by atoms with Gasteiger partial charge in [-0.3, -0.25) is 0 Å². The van der Waals surface area contributed by atoms with Crippen molar-refractivity contribution < 1.29 is 0 Å². The highest BCUT2D eigenvalue weighted by Crippen LogP contribution is 2.27. The van der Waals surface area contributed by atoms with Gasteiger partial charge in [0.25, 0.3) is 0 Å². The van der Waals surface area contributed by atoms with Crippen molar-refractivity contribution in [2.75, 3.05) is 0 Å². The Morgan fingerprint density at radius 1 is 0.684 bits per heavy atom. The van der Waals surface area contributed by atoms with Gasteiger partial charge in [0.2, 0.25) is 0 Å². The zero-order chi connectivity index (χ0) is 12.8. The van der Waals surface area contributed by atoms with Gasteiger partial charge in [-0.05, 0) is 42.0 Å². The van der Waals surface area contributed by atoms with E-state index in [-0.39, 0.29) is 0 Å². The van der Waals surface area contributed by atoms with Crippen molar-refractivity contribution in [2.24, 2.45) is 0 Å². The predicted octanol–water partition coefficient (Wildman–Crippen LogP) is 4.85. The summed E-state index contributed by atoms with van der Waals surface area (Å²) in [6, 6.07) is 21.4. The van der Waals surface area contributed by atoms with Crippen LogP contribution in [0.1, 0.15) is 5.56 Å². The molecular weight excluding hydrogens is 230 g/mol. The summed E-state index contributed by atoms with van der Waals surface area (Å²) in [7, 11) is 0. The smallest absolute Gasteiger partial charge is 0.0716 e. The third kappa shape index (κ3) is 1.59. The molecule has 0 radical (unpaired) electrons. The van der Waals surface area contributed by atoms with Crippen molar-refractivity contribution >= 4 is 32.6 Å². The van der Waals surface area contributed by atoms with Gasteiger partial charge >= 0.3 is 0 Å². The third-order valence-corrected chi connectivity index (χ3v) is 3.67. The van der Waals surface area contributed by atoms with Crippen molar-refractivity contribution in [2.45, 2.75) is 6.92 Å². The van der Waals surface area contributed by atoms with E-state index in [1.54, 1.807) is 0 Å². The molecule has 3 aromatic carbocycles. The molecule has 0 spiro atoms. The first-order valence-electron chi connectivity index (χ1n) is 6.50. The van der Waals surface area contributed by atoms with E-state index in [4.69, 9.17) is 4.98 Å². The molecule has 0 unspecified atom stereocenters. The maximum absolute atomic E-state index is 4.77. The third-order valence-electron chi connectivity index (χ3n) is 3.67. The van der Waals surface area contributed by atoms with Crippen LogP contribution in [0.5, 0.6) is 0 Å². The number of aryl methyl sites for hydroxylation is 1. The highest BCUT2D eigenvalue weighted by Gasteiger charge is 2.03. The number of rotatable bonds is 0. The molecule has 4 rings (SSSR count). The molecule has 0 aliphatic rings. The Morgan fingerprint density at radius 2 is 1.53 bits per heavy atom. The summed E-state index contributed by atoms with van der Waals surface area (Å²) in [5.74, 6) is 0. The first kappa shape index (κ1) is 10.5. The number of pyridine rings is 1. The normalized spacial score (nSPS) is 11.4. The summed E-state index contributed by atoms with van der Waals surface area (Å²) < 4.78 is 0. The monoisotopic (exact) mass is 243 g/mol. The summed E-state index contributed by atoms with van der Waals surface area (Å²) in [5.41, 5.74) is 3.40. The molecule has 0 fully saturated rings. The van der Waals surface area contributed by atoms with Gasteiger partial charge in [-0.25, -0.2) is 4.98 Å². The quantitative estimate of drug-likeness (QED) is 0.318. The summed E-state index contributed by atoms with van der Waals surface area (Å²) in [4.78, 5) is 4.77. The highest BCUT2D eigenvalue weighted by molar-refractivity contribution is 6.09. The van der Waals surface area contributed by atoms with Crippen LogP contribution in [0.2, 0.25) is 0 Å². The summed E-state index contributed by atoms with van der Waals surface area (Å²) in [6.07, 6.45) is 0. The number of hydrogen-bond donors (Lipinski definition) is 0. The van der Waals surface area contributed by atoms with Crippen molar-refractivity contribution in [3.05, 3.63) is 66.2 Å². The Kier molecular flexibility index (Phi) is 2.10. The minimum Gasteiger partial charge on any atom is -0.248 e. The number of aromatic nitrogens is 1. The van der Waals surface area contributed by atoms with Crippen LogP contribution in [0.4, 0.5) is 0 Å². The zero-order valence-corrected chi connectivity index (χ0v) is 10.7. The Morgan fingerprint density at radius 3 is 2.47 bits per heavy atom. The first-order valence-corrected chi connectivity index (χ1v) is 6.50. The molecule has 1 heterocycles. The second-order valence-corrected chi connectivity index (χ2v) is 5.04. The minimum absolute atomic E-state index is 1.06. The van der Waals surface area contributed by atoms with E-state index in [0.29, 0.717) is 0 Å². The molecule has 1 aromatic heterocycles. The van der Waals surface area contributed by atoms with E-state index >= 15 is 0 Å². The standard InChI is InChI=1S/C18H13N/c1-12-6-8-17-14(10-12)11-16-15-5-3-2-4-13(15)7-9-18(16)19-17/h2-11H,1H3. The van der Waals surface area contributed by atoms with E-state index in [9.17, 15) is 0 Å². The van der Waals surface area contributed by atoms with Crippen LogP contribution in [0.25, 0.3) is 32.6 Å². The number of hydrogen-bond acceptors (Lipinski definition) is 1. The van der Waals surface area contributed by atoms with Crippen molar-refractivity contribution in [1.29, 1.82) is 0 Å². The van der Waals surface area contributed by atoms with Crippen molar-refractivity contribution in [3.63, 3.8) is 0 Å². The molecule has 0 saturated heterocycles. The lowest BCUT2D eigenvalue weighted by Gasteiger charge is -2.06. The molecule has 0 aliphatic carbocycles. The maximum Gasteiger partial charge on any atom is 0.0716 e. The molecule has 0 bridgehead atoms. The van der Waals surface area contributed by atoms with Gasteiger partial charge < -0.3 is 0 Å². The lowest BCUT2D eigenvalue weighted by molar-refractivity contribution is 1.46. The molecule has 90 valence electrons. The lowest BCUT2D eigenvalue weighted by Crippen LogP contribution is -1.85. The molecule has 0 amide bonds. The molecular formula is C18H13N. The fourth-order valence-corrected chi connectivity index (χ4v) is 2.71. The topological polar surface area (TPSA) is 12.9 Å². The fraction of sp³-hybridized carbons (Fsp3) is 0.0556. The molecule has 0 aliphatic heterocycles. The Hall–Kier alpha value is -2.41. The van der Waals surface area contributed by atoms with Gasteiger partial charge in [0, 0.05) is 10.8 Å². The number of nitrogens with zero attached hydrogens (tertiary/aromatic N) is 1. The van der Waals surface area contributed by atoms with Crippen LogP contribution in [-0.2, 0) is 0 Å². The van der Waals surface area contributed by atoms with E-state index in [1.165, 1.54) is 27.1 Å². The fourth-order valence-electron chi connectivity index (χ4n) is 2.71. The minimum atomic E-state index is 1.06. The average molecular weight is 243 g/mol. The van der Waals surface area contributed by atoms with Gasteiger partial charge in [0.05, 0.1) is 11.0 Å². The van der Waals surface area contributed by atoms with Gasteiger partial charge in [-0.1, -0.05) is 42.0 Å². The molecule has 0 saturated carbocycles. The van der Waals surface area contributed by atoms with E-state index in [2.05, 4.69) is 67.6 Å². The van der Waals surface area contributed by atoms with Crippen LogP contribution in [0, 0.1) is 6.92 Å². The number of fused-ring (bicyclic) bond motifs is 4. The summed E-state index contributed by atoms with van der Waals surface area (Å²) in [5, 5.41) is 4.99. The molecule has 0 atom stereocenters. The molecule has 0 N–H and O–H groups in total. The van der Waals surface area contributed by atoms with Crippen molar-refractivity contribution in [1.82, 2.24) is 4.98 Å². The summed E-state index contributed by atoms with van der Waals surface area (Å²) in [6.45, 7) is 2.12.